The van der Waals surface area contributed by atoms with Gasteiger partial charge in [-0.3, -0.25) is 4.79 Å². The van der Waals surface area contributed by atoms with Crippen molar-refractivity contribution in [1.29, 1.82) is 0 Å². The predicted molar refractivity (Wildman–Crippen MR) is 79.1 cm³/mol. The van der Waals surface area contributed by atoms with Crippen molar-refractivity contribution in [1.82, 2.24) is 5.32 Å². The second-order valence-corrected chi connectivity index (χ2v) is 4.87. The summed E-state index contributed by atoms with van der Waals surface area (Å²) < 4.78 is 0. The Kier molecular flexibility index (Phi) is 11.3. The van der Waals surface area contributed by atoms with E-state index in [-0.39, 0.29) is 46.6 Å². The standard InChI is InChI=1S/C16H23NO3.Na/c1-2-3-4-5-6-9-12-17-15(18)13-10-7-8-11-14(13)16(19)20;/h7-8,10-11H,2-6,9,12H2,1H3,(H,17,18)(H,19,20);/q;+1. The minimum Gasteiger partial charge on any atom is -0.478 e. The summed E-state index contributed by atoms with van der Waals surface area (Å²) in [6, 6.07) is 6.28. The van der Waals surface area contributed by atoms with Gasteiger partial charge >= 0.3 is 35.5 Å². The zero-order valence-electron chi connectivity index (χ0n) is 13.0. The van der Waals surface area contributed by atoms with Crippen LogP contribution in [0.4, 0.5) is 0 Å². The van der Waals surface area contributed by atoms with Crippen molar-refractivity contribution < 1.29 is 44.3 Å². The Hall–Kier alpha value is -0.840. The molecular weight excluding hydrogens is 277 g/mol. The molecule has 0 radical (unpaired) electrons. The first-order valence-corrected chi connectivity index (χ1v) is 7.27. The Balaban J connectivity index is 0.00000400. The molecule has 0 fully saturated rings. The third-order valence-corrected chi connectivity index (χ3v) is 3.22. The summed E-state index contributed by atoms with van der Waals surface area (Å²) in [5.41, 5.74) is 0.277. The van der Waals surface area contributed by atoms with Gasteiger partial charge in [-0.1, -0.05) is 51.2 Å². The molecule has 0 saturated heterocycles. The van der Waals surface area contributed by atoms with Gasteiger partial charge < -0.3 is 10.4 Å². The third kappa shape index (κ3) is 7.65. The van der Waals surface area contributed by atoms with Crippen molar-refractivity contribution >= 4 is 11.9 Å². The fourth-order valence-electron chi connectivity index (χ4n) is 2.07. The van der Waals surface area contributed by atoms with Crippen molar-refractivity contribution in [2.45, 2.75) is 45.4 Å². The first-order valence-electron chi connectivity index (χ1n) is 7.27. The maximum absolute atomic E-state index is 11.9. The number of benzene rings is 1. The summed E-state index contributed by atoms with van der Waals surface area (Å²) in [4.78, 5) is 23.0. The number of hydrogen-bond donors (Lipinski definition) is 2. The van der Waals surface area contributed by atoms with E-state index in [9.17, 15) is 9.59 Å². The van der Waals surface area contributed by atoms with E-state index in [2.05, 4.69) is 12.2 Å². The minimum atomic E-state index is -1.07. The van der Waals surface area contributed by atoms with Gasteiger partial charge in [0, 0.05) is 6.54 Å². The summed E-state index contributed by atoms with van der Waals surface area (Å²) in [5.74, 6) is -1.38. The quantitative estimate of drug-likeness (QED) is 0.515. The second-order valence-electron chi connectivity index (χ2n) is 4.87. The van der Waals surface area contributed by atoms with Gasteiger partial charge in [0.25, 0.3) is 5.91 Å². The van der Waals surface area contributed by atoms with Gasteiger partial charge in [0.05, 0.1) is 11.1 Å². The predicted octanol–water partition coefficient (Wildman–Crippen LogP) is 0.479. The fraction of sp³-hybridized carbons (Fsp3) is 0.500. The number of carboxylic acids is 1. The largest absolute Gasteiger partial charge is 1.00 e. The Bertz CT molecular complexity index is 449. The Labute approximate surface area is 148 Å². The summed E-state index contributed by atoms with van der Waals surface area (Å²) >= 11 is 0. The normalized spacial score (nSPS) is 9.76. The van der Waals surface area contributed by atoms with Gasteiger partial charge in [0.15, 0.2) is 0 Å². The first kappa shape index (κ1) is 20.2. The molecule has 0 spiro atoms. The molecule has 1 aromatic carbocycles. The maximum atomic E-state index is 11.9. The summed E-state index contributed by atoms with van der Waals surface area (Å²) in [6.45, 7) is 2.78. The number of nitrogens with one attached hydrogen (secondary N) is 1. The van der Waals surface area contributed by atoms with Crippen LogP contribution >= 0.6 is 0 Å². The molecule has 1 rings (SSSR count). The van der Waals surface area contributed by atoms with Crippen LogP contribution in [0.1, 0.15) is 66.2 Å². The molecule has 0 aliphatic carbocycles. The Morgan fingerprint density at radius 3 is 2.19 bits per heavy atom. The zero-order valence-corrected chi connectivity index (χ0v) is 15.0. The van der Waals surface area contributed by atoms with E-state index in [0.717, 1.165) is 12.8 Å². The van der Waals surface area contributed by atoms with Gasteiger partial charge in [-0.25, -0.2) is 4.79 Å². The molecule has 5 heteroatoms. The number of amides is 1. The maximum Gasteiger partial charge on any atom is 1.00 e. The smallest absolute Gasteiger partial charge is 0.478 e. The molecule has 1 aromatic rings. The van der Waals surface area contributed by atoms with Crippen LogP contribution in [0.2, 0.25) is 0 Å². The number of carbonyl (C=O) groups is 2. The van der Waals surface area contributed by atoms with Crippen LogP contribution in [0.25, 0.3) is 0 Å². The molecule has 0 unspecified atom stereocenters. The van der Waals surface area contributed by atoms with E-state index in [0.29, 0.717) is 6.54 Å². The summed E-state index contributed by atoms with van der Waals surface area (Å²) in [5, 5.41) is 11.8. The van der Waals surface area contributed by atoms with Crippen LogP contribution in [0, 0.1) is 0 Å². The van der Waals surface area contributed by atoms with Crippen molar-refractivity contribution in [3.8, 4) is 0 Å². The van der Waals surface area contributed by atoms with Crippen molar-refractivity contribution in [2.75, 3.05) is 6.54 Å². The van der Waals surface area contributed by atoms with Gasteiger partial charge in [-0.2, -0.15) is 0 Å². The monoisotopic (exact) mass is 300 g/mol. The molecule has 0 aromatic heterocycles. The van der Waals surface area contributed by atoms with E-state index >= 15 is 0 Å². The summed E-state index contributed by atoms with van der Waals surface area (Å²) in [7, 11) is 0. The molecule has 2 N–H and O–H groups in total. The van der Waals surface area contributed by atoms with Crippen LogP contribution in [0.3, 0.4) is 0 Å². The van der Waals surface area contributed by atoms with Crippen LogP contribution in [-0.2, 0) is 0 Å². The minimum absolute atomic E-state index is 0. The molecule has 110 valence electrons. The van der Waals surface area contributed by atoms with E-state index in [1.54, 1.807) is 18.2 Å². The molecule has 0 aliphatic heterocycles. The van der Waals surface area contributed by atoms with Gasteiger partial charge in [-0.05, 0) is 18.6 Å². The van der Waals surface area contributed by atoms with Gasteiger partial charge in [0.2, 0.25) is 0 Å². The molecular formula is C16H23NNaO3+. The topological polar surface area (TPSA) is 66.4 Å². The molecule has 4 nitrogen and oxygen atoms in total. The average Bonchev–Trinajstić information content (AvgIpc) is 2.46. The van der Waals surface area contributed by atoms with Crippen molar-refractivity contribution in [3.63, 3.8) is 0 Å². The average molecular weight is 300 g/mol. The molecule has 0 atom stereocenters. The van der Waals surface area contributed by atoms with Crippen molar-refractivity contribution in [2.24, 2.45) is 0 Å². The SMILES string of the molecule is CCCCCCCCNC(=O)c1ccccc1C(=O)O.[Na+]. The molecule has 0 saturated carbocycles. The van der Waals surface area contributed by atoms with E-state index in [1.807, 2.05) is 0 Å². The molecule has 21 heavy (non-hydrogen) atoms. The van der Waals surface area contributed by atoms with Crippen LogP contribution in [0.15, 0.2) is 24.3 Å². The number of unbranched alkanes of at least 4 members (excludes halogenated alkanes) is 5. The second kappa shape index (κ2) is 11.8. The number of hydrogen-bond acceptors (Lipinski definition) is 2. The van der Waals surface area contributed by atoms with E-state index < -0.39 is 5.97 Å². The number of carboxylic acid groups (broad SMARTS) is 1. The van der Waals surface area contributed by atoms with E-state index in [1.165, 1.54) is 31.7 Å². The number of carbonyl (C=O) groups excluding carboxylic acids is 1. The van der Waals surface area contributed by atoms with Crippen LogP contribution in [0.5, 0.6) is 0 Å². The molecule has 0 heterocycles. The fourth-order valence-corrected chi connectivity index (χ4v) is 2.07. The molecule has 1 amide bonds. The van der Waals surface area contributed by atoms with E-state index in [4.69, 9.17) is 5.11 Å². The molecule has 0 aliphatic rings. The molecule has 0 bridgehead atoms. The van der Waals surface area contributed by atoms with Gasteiger partial charge in [0.1, 0.15) is 0 Å². The Morgan fingerprint density at radius 2 is 1.57 bits per heavy atom. The number of rotatable bonds is 9. The van der Waals surface area contributed by atoms with Crippen LogP contribution in [-0.4, -0.2) is 23.5 Å². The van der Waals surface area contributed by atoms with Crippen molar-refractivity contribution in [3.05, 3.63) is 35.4 Å². The first-order chi connectivity index (χ1) is 9.66. The van der Waals surface area contributed by atoms with Crippen LogP contribution < -0.4 is 34.9 Å². The van der Waals surface area contributed by atoms with Gasteiger partial charge in [-0.15, -0.1) is 0 Å². The summed E-state index contributed by atoms with van der Waals surface area (Å²) in [6.07, 6.45) is 6.95. The zero-order chi connectivity index (χ0) is 14.8. The number of aromatic carboxylic acids is 1. The Morgan fingerprint density at radius 1 is 1.00 bits per heavy atom. The third-order valence-electron chi connectivity index (χ3n) is 3.22.